The summed E-state index contributed by atoms with van der Waals surface area (Å²) in [4.78, 5) is 19.3. The number of nitrogens with zero attached hydrogens (tertiary/aromatic N) is 5. The lowest BCUT2D eigenvalue weighted by Gasteiger charge is -2.26. The summed E-state index contributed by atoms with van der Waals surface area (Å²) in [5.74, 6) is 2.64. The quantitative estimate of drug-likeness (QED) is 0.413. The Labute approximate surface area is 210 Å². The number of fused-ring (bicyclic) bond motifs is 3. The molecule has 0 radical (unpaired) electrons. The molecule has 8 heteroatoms. The van der Waals surface area contributed by atoms with Crippen LogP contribution < -0.4 is 5.32 Å². The van der Waals surface area contributed by atoms with E-state index in [0.29, 0.717) is 0 Å². The first-order chi connectivity index (χ1) is 17.2. The lowest BCUT2D eigenvalue weighted by molar-refractivity contribution is 0.0331. The second kappa shape index (κ2) is 10.0. The van der Waals surface area contributed by atoms with Crippen molar-refractivity contribution < 1.29 is 4.74 Å². The Balaban J connectivity index is 1.28. The maximum atomic E-state index is 5.53. The standard InChI is InChI=1S/C27H32N6OS/c1-19-5-6-22-23(13-19)35-27-25(22)26(30-24(31-27)17-32-9-11-34-12-10-32)29-15-20-3-2-4-21(14-20)16-33-8-7-28-18-33/h2-4,7-8,14,18-19H,5-6,9-13,15-17H2,1H3,(H,29,30,31)/t19-/m1/s1. The van der Waals surface area contributed by atoms with Crippen LogP contribution in [0.5, 0.6) is 0 Å². The molecule has 1 saturated heterocycles. The van der Waals surface area contributed by atoms with Gasteiger partial charge in [-0.3, -0.25) is 4.90 Å². The van der Waals surface area contributed by atoms with E-state index in [2.05, 4.69) is 51.0 Å². The number of nitrogens with one attached hydrogen (secondary N) is 1. The van der Waals surface area contributed by atoms with Crippen molar-refractivity contribution in [3.05, 3.63) is 70.4 Å². The molecular formula is C27H32N6OS. The number of hydrogen-bond donors (Lipinski definition) is 1. The predicted molar refractivity (Wildman–Crippen MR) is 140 cm³/mol. The van der Waals surface area contributed by atoms with E-state index < -0.39 is 0 Å². The van der Waals surface area contributed by atoms with Crippen molar-refractivity contribution in [3.63, 3.8) is 0 Å². The molecule has 2 aliphatic rings. The van der Waals surface area contributed by atoms with Gasteiger partial charge in [-0.1, -0.05) is 31.2 Å². The molecule has 0 spiro atoms. The molecule has 1 fully saturated rings. The predicted octanol–water partition coefficient (Wildman–Crippen LogP) is 4.51. The molecule has 0 amide bonds. The first kappa shape index (κ1) is 22.6. The summed E-state index contributed by atoms with van der Waals surface area (Å²) in [6, 6.07) is 8.76. The molecule has 35 heavy (non-hydrogen) atoms. The Bertz CT molecular complexity index is 1290. The molecule has 1 aliphatic carbocycles. The number of anilines is 1. The number of aromatic nitrogens is 4. The van der Waals surface area contributed by atoms with Crippen molar-refractivity contribution in [3.8, 4) is 0 Å². The molecule has 3 aromatic heterocycles. The van der Waals surface area contributed by atoms with Crippen LogP contribution in [0.4, 0.5) is 5.82 Å². The SMILES string of the molecule is C[C@@H]1CCc2c(sc3nc(CN4CCOCC4)nc(NCc4cccc(Cn5ccnc5)c4)c23)C1. The lowest BCUT2D eigenvalue weighted by atomic mass is 9.89. The van der Waals surface area contributed by atoms with Gasteiger partial charge < -0.3 is 14.6 Å². The van der Waals surface area contributed by atoms with Crippen molar-refractivity contribution in [2.24, 2.45) is 5.92 Å². The fraction of sp³-hybridized carbons (Fsp3) is 0.444. The van der Waals surface area contributed by atoms with Crippen LogP contribution in [-0.4, -0.2) is 50.7 Å². The number of benzene rings is 1. The fourth-order valence-corrected chi connectivity index (χ4v) is 6.56. The summed E-state index contributed by atoms with van der Waals surface area (Å²) in [6.07, 6.45) is 9.20. The number of hydrogen-bond acceptors (Lipinski definition) is 7. The van der Waals surface area contributed by atoms with Gasteiger partial charge in [-0.15, -0.1) is 11.3 Å². The minimum absolute atomic E-state index is 0.738. The summed E-state index contributed by atoms with van der Waals surface area (Å²) >= 11 is 1.88. The lowest BCUT2D eigenvalue weighted by Crippen LogP contribution is -2.36. The Morgan fingerprint density at radius 3 is 2.89 bits per heavy atom. The number of rotatable bonds is 7. The zero-order valence-electron chi connectivity index (χ0n) is 20.2. The third kappa shape index (κ3) is 5.10. The third-order valence-corrected chi connectivity index (χ3v) is 8.19. The van der Waals surface area contributed by atoms with Gasteiger partial charge in [0, 0.05) is 43.4 Å². The van der Waals surface area contributed by atoms with Crippen LogP contribution in [0.1, 0.15) is 40.7 Å². The average molecular weight is 489 g/mol. The van der Waals surface area contributed by atoms with Crippen LogP contribution >= 0.6 is 11.3 Å². The second-order valence-electron chi connectivity index (χ2n) is 9.82. The molecule has 7 nitrogen and oxygen atoms in total. The van der Waals surface area contributed by atoms with Gasteiger partial charge in [0.1, 0.15) is 16.5 Å². The van der Waals surface area contributed by atoms with E-state index in [1.165, 1.54) is 33.4 Å². The molecule has 4 aromatic rings. The highest BCUT2D eigenvalue weighted by Gasteiger charge is 2.24. The molecule has 1 N–H and O–H groups in total. The van der Waals surface area contributed by atoms with E-state index in [1.54, 1.807) is 0 Å². The monoisotopic (exact) mass is 488 g/mol. The van der Waals surface area contributed by atoms with Gasteiger partial charge in [0.2, 0.25) is 0 Å². The Morgan fingerprint density at radius 2 is 2.03 bits per heavy atom. The van der Waals surface area contributed by atoms with E-state index >= 15 is 0 Å². The van der Waals surface area contributed by atoms with Gasteiger partial charge in [-0.25, -0.2) is 15.0 Å². The molecule has 0 unspecified atom stereocenters. The van der Waals surface area contributed by atoms with Crippen LogP contribution in [0, 0.1) is 5.92 Å². The normalized spacial score (nSPS) is 18.6. The van der Waals surface area contributed by atoms with E-state index in [9.17, 15) is 0 Å². The van der Waals surface area contributed by atoms with Crippen molar-refractivity contribution >= 4 is 27.4 Å². The largest absolute Gasteiger partial charge is 0.379 e. The number of morpholine rings is 1. The number of ether oxygens (including phenoxy) is 1. The topological polar surface area (TPSA) is 68.1 Å². The summed E-state index contributed by atoms with van der Waals surface area (Å²) in [7, 11) is 0. The first-order valence-electron chi connectivity index (χ1n) is 12.6. The van der Waals surface area contributed by atoms with Crippen LogP contribution in [0.15, 0.2) is 43.0 Å². The summed E-state index contributed by atoms with van der Waals surface area (Å²) < 4.78 is 7.62. The van der Waals surface area contributed by atoms with Crippen LogP contribution in [-0.2, 0) is 37.2 Å². The highest BCUT2D eigenvalue weighted by Crippen LogP contribution is 2.40. The van der Waals surface area contributed by atoms with E-state index in [4.69, 9.17) is 14.7 Å². The zero-order chi connectivity index (χ0) is 23.6. The van der Waals surface area contributed by atoms with Crippen molar-refractivity contribution in [1.82, 2.24) is 24.4 Å². The van der Waals surface area contributed by atoms with Gasteiger partial charge in [0.05, 0.1) is 31.5 Å². The molecule has 182 valence electrons. The van der Waals surface area contributed by atoms with Crippen molar-refractivity contribution in [1.29, 1.82) is 0 Å². The van der Waals surface area contributed by atoms with Crippen molar-refractivity contribution in [2.75, 3.05) is 31.6 Å². The molecule has 1 atom stereocenters. The minimum Gasteiger partial charge on any atom is -0.379 e. The zero-order valence-corrected chi connectivity index (χ0v) is 21.1. The molecule has 1 aromatic carbocycles. The van der Waals surface area contributed by atoms with Crippen LogP contribution in [0.3, 0.4) is 0 Å². The maximum Gasteiger partial charge on any atom is 0.146 e. The summed E-state index contributed by atoms with van der Waals surface area (Å²) in [6.45, 7) is 8.14. The molecule has 0 saturated carbocycles. The smallest absolute Gasteiger partial charge is 0.146 e. The average Bonchev–Trinajstić information content (AvgIpc) is 3.50. The minimum atomic E-state index is 0.738. The molecule has 6 rings (SSSR count). The van der Waals surface area contributed by atoms with Gasteiger partial charge >= 0.3 is 0 Å². The van der Waals surface area contributed by atoms with Gasteiger partial charge in [-0.2, -0.15) is 0 Å². The fourth-order valence-electron chi connectivity index (χ4n) is 5.16. The Morgan fingerprint density at radius 1 is 1.14 bits per heavy atom. The summed E-state index contributed by atoms with van der Waals surface area (Å²) in [5, 5.41) is 4.96. The van der Waals surface area contributed by atoms with Gasteiger partial charge in [0.15, 0.2) is 0 Å². The van der Waals surface area contributed by atoms with E-state index in [1.807, 2.05) is 30.1 Å². The van der Waals surface area contributed by atoms with Crippen molar-refractivity contribution in [2.45, 2.75) is 45.8 Å². The van der Waals surface area contributed by atoms with Gasteiger partial charge in [-0.05, 0) is 41.9 Å². The number of imidazole rings is 1. The number of thiophene rings is 1. The first-order valence-corrected chi connectivity index (χ1v) is 13.4. The third-order valence-electron chi connectivity index (χ3n) is 7.05. The van der Waals surface area contributed by atoms with Gasteiger partial charge in [0.25, 0.3) is 0 Å². The highest BCUT2D eigenvalue weighted by molar-refractivity contribution is 7.19. The van der Waals surface area contributed by atoms with Crippen LogP contribution in [0.25, 0.3) is 10.2 Å². The Kier molecular flexibility index (Phi) is 6.50. The maximum absolute atomic E-state index is 5.53. The van der Waals surface area contributed by atoms with E-state index in [-0.39, 0.29) is 0 Å². The molecule has 4 heterocycles. The molecule has 0 bridgehead atoms. The van der Waals surface area contributed by atoms with E-state index in [0.717, 1.165) is 81.2 Å². The highest BCUT2D eigenvalue weighted by atomic mass is 32.1. The second-order valence-corrected chi connectivity index (χ2v) is 10.9. The Hall–Kier alpha value is -2.81. The number of aryl methyl sites for hydroxylation is 1. The van der Waals surface area contributed by atoms with Crippen LogP contribution in [0.2, 0.25) is 0 Å². The molecule has 1 aliphatic heterocycles. The summed E-state index contributed by atoms with van der Waals surface area (Å²) in [5.41, 5.74) is 3.99. The molecular weight excluding hydrogens is 456 g/mol.